The van der Waals surface area contributed by atoms with Crippen LogP contribution < -0.4 is 21.7 Å². The number of aliphatic hydroxyl groups is 1. The van der Waals surface area contributed by atoms with Crippen LogP contribution in [0.2, 0.25) is 0 Å². The van der Waals surface area contributed by atoms with E-state index >= 15 is 0 Å². The van der Waals surface area contributed by atoms with Crippen molar-refractivity contribution in [3.63, 3.8) is 0 Å². The number of hydrogen-bond donors (Lipinski definition) is 8. The van der Waals surface area contributed by atoms with E-state index in [1.807, 2.05) is 48.5 Å². The van der Waals surface area contributed by atoms with Gasteiger partial charge in [0.15, 0.2) is 0 Å². The summed E-state index contributed by atoms with van der Waals surface area (Å²) in [6.45, 7) is 0.557. The van der Waals surface area contributed by atoms with Crippen LogP contribution in [0.4, 0.5) is 0 Å². The summed E-state index contributed by atoms with van der Waals surface area (Å²) in [5.41, 5.74) is 9.38. The molecule has 4 rings (SSSR count). The van der Waals surface area contributed by atoms with Crippen molar-refractivity contribution in [2.24, 2.45) is 5.73 Å². The molecule has 2 aromatic heterocycles. The first-order valence-electron chi connectivity index (χ1n) is 12.8. The lowest BCUT2D eigenvalue weighted by molar-refractivity contribution is -0.141. The van der Waals surface area contributed by atoms with Crippen molar-refractivity contribution in [3.05, 3.63) is 72.1 Å². The number of fused-ring (bicyclic) bond motifs is 2. The Balaban J connectivity index is 1.45. The Kier molecular flexibility index (Phi) is 8.82. The van der Waals surface area contributed by atoms with E-state index < -0.39 is 54.5 Å². The minimum absolute atomic E-state index is 0.0279. The molecule has 4 aromatic rings. The van der Waals surface area contributed by atoms with E-state index in [0.29, 0.717) is 5.56 Å². The summed E-state index contributed by atoms with van der Waals surface area (Å²) in [5.74, 6) is -3.45. The average molecular weight is 549 g/mol. The van der Waals surface area contributed by atoms with Crippen molar-refractivity contribution in [2.45, 2.75) is 43.9 Å². The number of nitrogens with two attached hydrogens (primary N) is 1. The number of carbonyl (C=O) groups excluding carboxylic acids is 3. The van der Waals surface area contributed by atoms with E-state index in [4.69, 9.17) is 5.73 Å². The number of aromatic nitrogens is 2. The summed E-state index contributed by atoms with van der Waals surface area (Å²) in [5, 5.41) is 28.2. The minimum Gasteiger partial charge on any atom is -0.480 e. The third-order valence-corrected chi connectivity index (χ3v) is 6.73. The number of nitrogens with one attached hydrogen (secondary N) is 5. The number of H-pyrrole nitrogens is 2. The zero-order chi connectivity index (χ0) is 28.8. The van der Waals surface area contributed by atoms with E-state index in [-0.39, 0.29) is 12.8 Å². The molecule has 4 unspecified atom stereocenters. The number of aliphatic hydroxyl groups excluding tert-OH is 1. The quantitative estimate of drug-likeness (QED) is 0.124. The van der Waals surface area contributed by atoms with Crippen molar-refractivity contribution in [1.82, 2.24) is 25.9 Å². The van der Waals surface area contributed by atoms with Gasteiger partial charge in [-0.15, -0.1) is 0 Å². The molecule has 0 saturated carbocycles. The molecule has 40 heavy (non-hydrogen) atoms. The predicted octanol–water partition coefficient (Wildman–Crippen LogP) is 0.313. The van der Waals surface area contributed by atoms with Gasteiger partial charge in [0.05, 0.1) is 12.6 Å². The highest BCUT2D eigenvalue weighted by atomic mass is 16.4. The normalized spacial score (nSPS) is 14.3. The number of carboxylic acids is 1. The summed E-state index contributed by atoms with van der Waals surface area (Å²) in [7, 11) is 0. The summed E-state index contributed by atoms with van der Waals surface area (Å²) < 4.78 is 0. The fourth-order valence-electron chi connectivity index (χ4n) is 4.48. The molecule has 9 N–H and O–H groups in total. The Morgan fingerprint density at radius 2 is 1.27 bits per heavy atom. The number of benzene rings is 2. The van der Waals surface area contributed by atoms with Gasteiger partial charge in [-0.25, -0.2) is 0 Å². The summed E-state index contributed by atoms with van der Waals surface area (Å²) in [6, 6.07) is 10.1. The Morgan fingerprint density at radius 3 is 1.82 bits per heavy atom. The van der Waals surface area contributed by atoms with Gasteiger partial charge in [0, 0.05) is 40.6 Å². The fourth-order valence-corrected chi connectivity index (χ4v) is 4.48. The lowest BCUT2D eigenvalue weighted by Gasteiger charge is -2.24. The first-order valence-corrected chi connectivity index (χ1v) is 12.8. The van der Waals surface area contributed by atoms with Gasteiger partial charge in [0.2, 0.25) is 17.7 Å². The SMILES string of the molecule is CC(NC(=O)C(Cc1c[nH]c2ccccc12)NC(=O)C(CO)NC(=O)C(N)Cc1c[nH]c2ccccc12)C(=O)O. The van der Waals surface area contributed by atoms with Gasteiger partial charge in [-0.1, -0.05) is 36.4 Å². The molecular formula is C28H32N6O6. The van der Waals surface area contributed by atoms with E-state index in [2.05, 4.69) is 25.9 Å². The molecule has 2 heterocycles. The summed E-state index contributed by atoms with van der Waals surface area (Å²) in [4.78, 5) is 56.5. The number of rotatable bonds is 12. The Hall–Kier alpha value is -4.68. The van der Waals surface area contributed by atoms with Crippen LogP contribution in [0.15, 0.2) is 60.9 Å². The van der Waals surface area contributed by atoms with Crippen LogP contribution in [-0.4, -0.2) is 74.6 Å². The summed E-state index contributed by atoms with van der Waals surface area (Å²) >= 11 is 0. The monoisotopic (exact) mass is 548 g/mol. The van der Waals surface area contributed by atoms with Gasteiger partial charge in [-0.05, 0) is 36.6 Å². The Labute approximate surface area is 229 Å². The molecule has 0 spiro atoms. The molecule has 12 heteroatoms. The number of aliphatic carboxylic acids is 1. The van der Waals surface area contributed by atoms with Crippen LogP contribution in [0, 0.1) is 0 Å². The number of hydrogen-bond acceptors (Lipinski definition) is 6. The van der Waals surface area contributed by atoms with Crippen LogP contribution in [0.25, 0.3) is 21.8 Å². The first-order chi connectivity index (χ1) is 19.2. The van der Waals surface area contributed by atoms with Crippen molar-refractivity contribution in [3.8, 4) is 0 Å². The van der Waals surface area contributed by atoms with Gasteiger partial charge in [0.1, 0.15) is 18.1 Å². The largest absolute Gasteiger partial charge is 0.480 e. The van der Waals surface area contributed by atoms with Crippen LogP contribution in [0.5, 0.6) is 0 Å². The smallest absolute Gasteiger partial charge is 0.325 e. The highest BCUT2D eigenvalue weighted by Gasteiger charge is 2.30. The number of amides is 3. The third kappa shape index (κ3) is 6.47. The zero-order valence-electron chi connectivity index (χ0n) is 21.8. The summed E-state index contributed by atoms with van der Waals surface area (Å²) in [6.07, 6.45) is 3.68. The van der Waals surface area contributed by atoms with Gasteiger partial charge >= 0.3 is 5.97 Å². The zero-order valence-corrected chi connectivity index (χ0v) is 21.8. The minimum atomic E-state index is -1.39. The molecule has 0 bridgehead atoms. The first kappa shape index (κ1) is 28.3. The molecule has 3 amide bonds. The van der Waals surface area contributed by atoms with Crippen LogP contribution >= 0.6 is 0 Å². The predicted molar refractivity (Wildman–Crippen MR) is 148 cm³/mol. The molecule has 0 radical (unpaired) electrons. The van der Waals surface area contributed by atoms with Crippen molar-refractivity contribution < 1.29 is 29.4 Å². The van der Waals surface area contributed by atoms with Gasteiger partial charge < -0.3 is 41.9 Å². The molecule has 0 aliphatic rings. The molecule has 0 aliphatic carbocycles. The number of carboxylic acid groups (broad SMARTS) is 1. The number of carbonyl (C=O) groups is 4. The average Bonchev–Trinajstić information content (AvgIpc) is 3.55. The molecule has 4 atom stereocenters. The number of aromatic amines is 2. The lowest BCUT2D eigenvalue weighted by Crippen LogP contribution is -2.58. The van der Waals surface area contributed by atoms with E-state index in [0.717, 1.165) is 27.4 Å². The van der Waals surface area contributed by atoms with Gasteiger partial charge in [-0.3, -0.25) is 19.2 Å². The van der Waals surface area contributed by atoms with E-state index in [9.17, 15) is 29.4 Å². The van der Waals surface area contributed by atoms with Gasteiger partial charge in [-0.2, -0.15) is 0 Å². The maximum Gasteiger partial charge on any atom is 0.325 e. The topological polar surface area (TPSA) is 202 Å². The second-order valence-electron chi connectivity index (χ2n) is 9.61. The number of para-hydroxylation sites is 2. The van der Waals surface area contributed by atoms with E-state index in [1.165, 1.54) is 6.92 Å². The van der Waals surface area contributed by atoms with Crippen LogP contribution in [-0.2, 0) is 32.0 Å². The maximum absolute atomic E-state index is 13.1. The van der Waals surface area contributed by atoms with Crippen molar-refractivity contribution in [1.29, 1.82) is 0 Å². The fraction of sp³-hybridized carbons (Fsp3) is 0.286. The molecular weight excluding hydrogens is 516 g/mol. The molecule has 0 saturated heterocycles. The van der Waals surface area contributed by atoms with Crippen LogP contribution in [0.3, 0.4) is 0 Å². The standard InChI is InChI=1S/C28H32N6O6/c1-15(28(39)40)32-26(37)23(11-17-13-31-22-9-5-3-7-19(17)22)33-27(38)24(14-35)34-25(36)20(29)10-16-12-30-21-8-4-2-6-18(16)21/h2-9,12-13,15,20,23-24,30-31,35H,10-11,14,29H2,1H3,(H,32,37)(H,33,38)(H,34,36)(H,39,40). The molecule has 12 nitrogen and oxygen atoms in total. The molecule has 2 aromatic carbocycles. The maximum atomic E-state index is 13.1. The third-order valence-electron chi connectivity index (χ3n) is 6.73. The Morgan fingerprint density at radius 1 is 0.775 bits per heavy atom. The van der Waals surface area contributed by atoms with Crippen molar-refractivity contribution >= 4 is 45.5 Å². The highest BCUT2D eigenvalue weighted by molar-refractivity contribution is 5.95. The van der Waals surface area contributed by atoms with Crippen LogP contribution in [0.1, 0.15) is 18.1 Å². The molecule has 210 valence electrons. The molecule has 0 fully saturated rings. The molecule has 0 aliphatic heterocycles. The second kappa shape index (κ2) is 12.5. The van der Waals surface area contributed by atoms with Gasteiger partial charge in [0.25, 0.3) is 0 Å². The highest BCUT2D eigenvalue weighted by Crippen LogP contribution is 2.20. The lowest BCUT2D eigenvalue weighted by atomic mass is 10.0. The second-order valence-corrected chi connectivity index (χ2v) is 9.61. The van der Waals surface area contributed by atoms with Crippen molar-refractivity contribution in [2.75, 3.05) is 6.61 Å². The Bertz CT molecular complexity index is 1530. The van der Waals surface area contributed by atoms with E-state index in [1.54, 1.807) is 12.4 Å².